The van der Waals surface area contributed by atoms with Crippen LogP contribution >= 0.6 is 11.6 Å². The van der Waals surface area contributed by atoms with Gasteiger partial charge in [0.05, 0.1) is 17.0 Å². The average Bonchev–Trinajstić information content (AvgIpc) is 2.81. The van der Waals surface area contributed by atoms with Crippen LogP contribution in [-0.4, -0.2) is 25.6 Å². The third-order valence-corrected chi connectivity index (χ3v) is 2.87. The fourth-order valence-corrected chi connectivity index (χ4v) is 1.84. The number of nitro groups is 1. The Balaban J connectivity index is 2.13. The molecule has 0 fully saturated rings. The molecule has 0 radical (unpaired) electrons. The van der Waals surface area contributed by atoms with E-state index in [0.717, 1.165) is 0 Å². The van der Waals surface area contributed by atoms with Gasteiger partial charge in [-0.15, -0.1) is 0 Å². The number of hydrogen-bond donors (Lipinski definition) is 1. The monoisotopic (exact) mass is 295 g/mol. The Labute approximate surface area is 118 Å². The number of aryl methyl sites for hydroxylation is 1. The van der Waals surface area contributed by atoms with Crippen LogP contribution < -0.4 is 5.32 Å². The lowest BCUT2D eigenvalue weighted by Crippen LogP contribution is -2.24. The number of nitrogens with zero attached hydrogens (tertiary/aromatic N) is 4. The van der Waals surface area contributed by atoms with Crippen molar-refractivity contribution in [2.24, 2.45) is 7.05 Å². The summed E-state index contributed by atoms with van der Waals surface area (Å²) in [5.41, 5.74) is -0.271. The van der Waals surface area contributed by atoms with Crippen molar-refractivity contribution in [2.75, 3.05) is 0 Å². The van der Waals surface area contributed by atoms with Crippen LogP contribution in [0, 0.1) is 10.1 Å². The summed E-state index contributed by atoms with van der Waals surface area (Å²) in [5, 5.41) is 17.1. The molecule has 1 heterocycles. The minimum absolute atomic E-state index is 0.0387. The molecular formula is C11H10ClN5O3. The molecule has 0 bridgehead atoms. The molecule has 0 aliphatic carbocycles. The maximum Gasteiger partial charge on any atom is 0.288 e. The number of hydrogen-bond acceptors (Lipinski definition) is 5. The van der Waals surface area contributed by atoms with Gasteiger partial charge in [-0.05, 0) is 6.07 Å². The van der Waals surface area contributed by atoms with Gasteiger partial charge in [0.15, 0.2) is 5.82 Å². The van der Waals surface area contributed by atoms with E-state index in [0.29, 0.717) is 5.82 Å². The van der Waals surface area contributed by atoms with Gasteiger partial charge in [0.1, 0.15) is 11.3 Å². The van der Waals surface area contributed by atoms with Gasteiger partial charge in [0.25, 0.3) is 11.6 Å². The van der Waals surface area contributed by atoms with Gasteiger partial charge in [-0.1, -0.05) is 17.7 Å². The minimum Gasteiger partial charge on any atom is -0.345 e. The molecular weight excluding hydrogens is 286 g/mol. The normalized spacial score (nSPS) is 10.3. The number of nitrogens with one attached hydrogen (secondary N) is 1. The van der Waals surface area contributed by atoms with Gasteiger partial charge in [0, 0.05) is 13.1 Å². The molecule has 1 N–H and O–H groups in total. The largest absolute Gasteiger partial charge is 0.345 e. The highest BCUT2D eigenvalue weighted by atomic mass is 35.5. The summed E-state index contributed by atoms with van der Waals surface area (Å²) in [5.74, 6) is -0.0893. The van der Waals surface area contributed by atoms with Crippen LogP contribution in [-0.2, 0) is 13.6 Å². The van der Waals surface area contributed by atoms with Gasteiger partial charge >= 0.3 is 0 Å². The Bertz CT molecular complexity index is 670. The Morgan fingerprint density at radius 2 is 2.30 bits per heavy atom. The van der Waals surface area contributed by atoms with Crippen molar-refractivity contribution in [2.45, 2.75) is 6.54 Å². The van der Waals surface area contributed by atoms with Gasteiger partial charge in [-0.25, -0.2) is 4.98 Å². The number of carbonyl (C=O) groups is 1. The first-order valence-electron chi connectivity index (χ1n) is 5.54. The highest BCUT2D eigenvalue weighted by Crippen LogP contribution is 2.27. The van der Waals surface area contributed by atoms with Crippen molar-refractivity contribution in [3.8, 4) is 0 Å². The van der Waals surface area contributed by atoms with Crippen LogP contribution in [0.2, 0.25) is 5.02 Å². The van der Waals surface area contributed by atoms with E-state index in [1.807, 2.05) is 0 Å². The fraction of sp³-hybridized carbons (Fsp3) is 0.182. The van der Waals surface area contributed by atoms with Gasteiger partial charge in [0.2, 0.25) is 0 Å². The predicted octanol–water partition coefficient (Wildman–Crippen LogP) is 1.31. The molecule has 0 saturated heterocycles. The zero-order chi connectivity index (χ0) is 14.7. The van der Waals surface area contributed by atoms with Crippen molar-refractivity contribution in [1.82, 2.24) is 20.1 Å². The zero-order valence-electron chi connectivity index (χ0n) is 10.4. The third-order valence-electron chi connectivity index (χ3n) is 2.47. The number of nitro benzene ring substituents is 1. The Kier molecular flexibility index (Phi) is 3.94. The number of aromatic nitrogens is 3. The molecule has 8 nitrogen and oxygen atoms in total. The van der Waals surface area contributed by atoms with Crippen molar-refractivity contribution < 1.29 is 9.72 Å². The quantitative estimate of drug-likeness (QED) is 0.676. The van der Waals surface area contributed by atoms with Crippen LogP contribution in [0.5, 0.6) is 0 Å². The van der Waals surface area contributed by atoms with E-state index in [1.165, 1.54) is 29.2 Å². The van der Waals surface area contributed by atoms with E-state index in [2.05, 4.69) is 15.4 Å². The van der Waals surface area contributed by atoms with Crippen molar-refractivity contribution in [3.63, 3.8) is 0 Å². The highest BCUT2D eigenvalue weighted by molar-refractivity contribution is 6.35. The second kappa shape index (κ2) is 5.66. The standard InChI is InChI=1S/C11H10ClN5O3/c1-16-6-14-9(15-16)5-13-11(18)7-3-2-4-8(10(7)12)17(19)20/h2-4,6H,5H2,1H3,(H,13,18). The zero-order valence-corrected chi connectivity index (χ0v) is 11.2. The molecule has 0 spiro atoms. The number of carbonyl (C=O) groups excluding carboxylic acids is 1. The SMILES string of the molecule is Cn1cnc(CNC(=O)c2cccc([N+](=O)[O-])c2Cl)n1. The van der Waals surface area contributed by atoms with E-state index in [4.69, 9.17) is 11.6 Å². The molecule has 0 unspecified atom stereocenters. The molecule has 0 aliphatic heterocycles. The average molecular weight is 296 g/mol. The molecule has 0 aliphatic rings. The molecule has 20 heavy (non-hydrogen) atoms. The third kappa shape index (κ3) is 2.91. The second-order valence-electron chi connectivity index (χ2n) is 3.91. The van der Waals surface area contributed by atoms with E-state index in [-0.39, 0.29) is 22.8 Å². The summed E-state index contributed by atoms with van der Waals surface area (Å²) in [7, 11) is 1.70. The van der Waals surface area contributed by atoms with Crippen LogP contribution in [0.1, 0.15) is 16.2 Å². The second-order valence-corrected chi connectivity index (χ2v) is 4.29. The van der Waals surface area contributed by atoms with Crippen molar-refractivity contribution >= 4 is 23.2 Å². The first-order valence-corrected chi connectivity index (χ1v) is 5.92. The summed E-state index contributed by atoms with van der Waals surface area (Å²) < 4.78 is 1.50. The number of halogens is 1. The molecule has 2 rings (SSSR count). The van der Waals surface area contributed by atoms with Gasteiger partial charge < -0.3 is 5.32 Å². The van der Waals surface area contributed by atoms with E-state index in [1.54, 1.807) is 7.05 Å². The number of benzene rings is 1. The molecule has 2 aromatic rings. The molecule has 1 aromatic carbocycles. The Hall–Kier alpha value is -2.48. The summed E-state index contributed by atoms with van der Waals surface area (Å²) in [6.45, 7) is 0.110. The lowest BCUT2D eigenvalue weighted by molar-refractivity contribution is -0.384. The summed E-state index contributed by atoms with van der Waals surface area (Å²) >= 11 is 5.85. The number of amides is 1. The summed E-state index contributed by atoms with van der Waals surface area (Å²) in [4.78, 5) is 26.0. The molecule has 9 heteroatoms. The molecule has 0 atom stereocenters. The Morgan fingerprint density at radius 3 is 2.90 bits per heavy atom. The van der Waals surface area contributed by atoms with Gasteiger partial charge in [-0.3, -0.25) is 19.6 Å². The number of rotatable bonds is 4. The summed E-state index contributed by atoms with van der Waals surface area (Å²) in [6.07, 6.45) is 1.50. The first-order chi connectivity index (χ1) is 9.49. The van der Waals surface area contributed by atoms with Crippen LogP contribution in [0.15, 0.2) is 24.5 Å². The predicted molar refractivity (Wildman–Crippen MR) is 70.3 cm³/mol. The first kappa shape index (κ1) is 13.9. The van der Waals surface area contributed by atoms with E-state index in [9.17, 15) is 14.9 Å². The summed E-state index contributed by atoms with van der Waals surface area (Å²) in [6, 6.07) is 4.05. The van der Waals surface area contributed by atoms with Crippen molar-refractivity contribution in [1.29, 1.82) is 0 Å². The van der Waals surface area contributed by atoms with Crippen LogP contribution in [0.4, 0.5) is 5.69 Å². The maximum atomic E-state index is 11.9. The lowest BCUT2D eigenvalue weighted by Gasteiger charge is -2.05. The minimum atomic E-state index is -0.639. The highest BCUT2D eigenvalue weighted by Gasteiger charge is 2.19. The molecule has 104 valence electrons. The molecule has 0 saturated carbocycles. The smallest absolute Gasteiger partial charge is 0.288 e. The van der Waals surface area contributed by atoms with E-state index >= 15 is 0 Å². The van der Waals surface area contributed by atoms with Gasteiger partial charge in [-0.2, -0.15) is 5.10 Å². The molecule has 1 amide bonds. The van der Waals surface area contributed by atoms with Crippen molar-refractivity contribution in [3.05, 3.63) is 51.1 Å². The maximum absolute atomic E-state index is 11.9. The van der Waals surface area contributed by atoms with Crippen LogP contribution in [0.3, 0.4) is 0 Å². The van der Waals surface area contributed by atoms with Crippen LogP contribution in [0.25, 0.3) is 0 Å². The Morgan fingerprint density at radius 1 is 1.55 bits per heavy atom. The topological polar surface area (TPSA) is 103 Å². The lowest BCUT2D eigenvalue weighted by atomic mass is 10.2. The molecule has 1 aromatic heterocycles. The van der Waals surface area contributed by atoms with E-state index < -0.39 is 10.8 Å². The fourth-order valence-electron chi connectivity index (χ4n) is 1.56.